The summed E-state index contributed by atoms with van der Waals surface area (Å²) >= 11 is 0. The van der Waals surface area contributed by atoms with Gasteiger partial charge in [0.15, 0.2) is 11.6 Å². The van der Waals surface area contributed by atoms with Crippen molar-refractivity contribution in [1.29, 1.82) is 0 Å². The van der Waals surface area contributed by atoms with Gasteiger partial charge in [-0.2, -0.15) is 13.2 Å². The van der Waals surface area contributed by atoms with Gasteiger partial charge in [0.05, 0.1) is 19.8 Å². The molecule has 0 spiro atoms. The average molecular weight is 434 g/mol. The molecule has 0 N–H and O–H groups in total. The minimum absolute atomic E-state index is 0.0221. The molecule has 3 aromatic carbocycles. The van der Waals surface area contributed by atoms with Crippen molar-refractivity contribution in [3.05, 3.63) is 89.7 Å². The van der Waals surface area contributed by atoms with E-state index in [0.717, 1.165) is 0 Å². The lowest BCUT2D eigenvalue weighted by atomic mass is 9.99. The zero-order valence-electron chi connectivity index (χ0n) is 16.9. The Morgan fingerprint density at radius 2 is 1.58 bits per heavy atom. The van der Waals surface area contributed by atoms with E-state index >= 15 is 0 Å². The highest BCUT2D eigenvalue weighted by Crippen LogP contribution is 2.36. The van der Waals surface area contributed by atoms with Crippen molar-refractivity contribution in [3.8, 4) is 17.2 Å². The molecule has 0 fully saturated rings. The molecule has 7 heteroatoms. The van der Waals surface area contributed by atoms with Gasteiger partial charge in [0.1, 0.15) is 17.4 Å². The van der Waals surface area contributed by atoms with Crippen LogP contribution in [0.15, 0.2) is 72.8 Å². The summed E-state index contributed by atoms with van der Waals surface area (Å²) in [5.41, 5.74) is 0.586. The number of hydrogen-bond donors (Lipinski definition) is 0. The smallest absolute Gasteiger partial charge is 0.397 e. The fourth-order valence-corrected chi connectivity index (χ4v) is 2.97. The molecule has 3 nitrogen and oxygen atoms in total. The molecule has 0 aliphatic heterocycles. The predicted molar refractivity (Wildman–Crippen MR) is 109 cm³/mol. The SMILES string of the molecule is CCOc1ccc(C(COCc2ccc(F)c(Oc3ccccc3)c2)C(F)(F)F)cc1. The summed E-state index contributed by atoms with van der Waals surface area (Å²) in [6.07, 6.45) is -4.47. The van der Waals surface area contributed by atoms with Gasteiger partial charge in [-0.05, 0) is 54.4 Å². The number of halogens is 4. The Hall–Kier alpha value is -3.06. The Balaban J connectivity index is 1.65. The molecule has 0 saturated heterocycles. The quantitative estimate of drug-likeness (QED) is 0.344. The zero-order valence-corrected chi connectivity index (χ0v) is 16.9. The highest BCUT2D eigenvalue weighted by molar-refractivity contribution is 5.35. The molecule has 0 radical (unpaired) electrons. The monoisotopic (exact) mass is 434 g/mol. The van der Waals surface area contributed by atoms with Crippen molar-refractivity contribution < 1.29 is 31.8 Å². The molecular weight excluding hydrogens is 412 g/mol. The Morgan fingerprint density at radius 1 is 0.871 bits per heavy atom. The summed E-state index contributed by atoms with van der Waals surface area (Å²) in [6.45, 7) is 1.55. The highest BCUT2D eigenvalue weighted by atomic mass is 19.4. The molecule has 1 atom stereocenters. The normalized spacial score (nSPS) is 12.4. The molecule has 0 aliphatic rings. The lowest BCUT2D eigenvalue weighted by Crippen LogP contribution is -2.25. The van der Waals surface area contributed by atoms with Crippen molar-refractivity contribution in [2.45, 2.75) is 25.6 Å². The molecule has 0 amide bonds. The van der Waals surface area contributed by atoms with Crippen LogP contribution in [0.5, 0.6) is 17.2 Å². The van der Waals surface area contributed by atoms with E-state index in [2.05, 4.69) is 0 Å². The van der Waals surface area contributed by atoms with Crippen molar-refractivity contribution >= 4 is 0 Å². The van der Waals surface area contributed by atoms with E-state index in [9.17, 15) is 17.6 Å². The summed E-state index contributed by atoms with van der Waals surface area (Å²) in [5.74, 6) is -1.43. The fraction of sp³-hybridized carbons (Fsp3) is 0.250. The first-order valence-electron chi connectivity index (χ1n) is 9.75. The predicted octanol–water partition coefficient (Wildman–Crippen LogP) is 6.88. The van der Waals surface area contributed by atoms with Crippen LogP contribution in [0.4, 0.5) is 17.6 Å². The second-order valence-corrected chi connectivity index (χ2v) is 6.79. The molecule has 0 aliphatic carbocycles. The number of alkyl halides is 3. The lowest BCUT2D eigenvalue weighted by Gasteiger charge is -2.21. The summed E-state index contributed by atoms with van der Waals surface area (Å²) in [7, 11) is 0. The van der Waals surface area contributed by atoms with Crippen molar-refractivity contribution in [3.63, 3.8) is 0 Å². The van der Waals surface area contributed by atoms with Gasteiger partial charge in [0.2, 0.25) is 0 Å². The van der Waals surface area contributed by atoms with Gasteiger partial charge in [0, 0.05) is 0 Å². The minimum Gasteiger partial charge on any atom is -0.494 e. The van der Waals surface area contributed by atoms with E-state index in [1.54, 1.807) is 37.3 Å². The Bertz CT molecular complexity index is 957. The number of rotatable bonds is 9. The third-order valence-electron chi connectivity index (χ3n) is 4.51. The topological polar surface area (TPSA) is 27.7 Å². The summed E-state index contributed by atoms with van der Waals surface area (Å²) in [6, 6.07) is 18.5. The molecule has 164 valence electrons. The largest absolute Gasteiger partial charge is 0.494 e. The highest BCUT2D eigenvalue weighted by Gasteiger charge is 2.40. The van der Waals surface area contributed by atoms with Crippen LogP contribution in [-0.4, -0.2) is 19.4 Å². The molecule has 0 saturated carbocycles. The fourth-order valence-electron chi connectivity index (χ4n) is 2.97. The molecular formula is C24H22F4O3. The van der Waals surface area contributed by atoms with Crippen LogP contribution in [0, 0.1) is 5.82 Å². The Kier molecular flexibility index (Phi) is 7.52. The van der Waals surface area contributed by atoms with Gasteiger partial charge in [-0.3, -0.25) is 0 Å². The average Bonchev–Trinajstić information content (AvgIpc) is 2.74. The molecule has 3 rings (SSSR count). The van der Waals surface area contributed by atoms with Crippen LogP contribution in [0.1, 0.15) is 24.0 Å². The van der Waals surface area contributed by atoms with Crippen LogP contribution in [0.2, 0.25) is 0 Å². The number of benzene rings is 3. The van der Waals surface area contributed by atoms with E-state index in [0.29, 0.717) is 23.7 Å². The van der Waals surface area contributed by atoms with E-state index in [4.69, 9.17) is 14.2 Å². The summed E-state index contributed by atoms with van der Waals surface area (Å²) in [4.78, 5) is 0. The van der Waals surface area contributed by atoms with E-state index in [1.807, 2.05) is 0 Å². The maximum atomic E-state index is 14.0. The molecule has 0 bridgehead atoms. The van der Waals surface area contributed by atoms with E-state index in [1.165, 1.54) is 42.5 Å². The standard InChI is InChI=1S/C24H22F4O3/c1-2-30-19-11-9-18(10-12-19)21(24(26,27)28)16-29-15-17-8-13-22(25)23(14-17)31-20-6-4-3-5-7-20/h3-14,21H,2,15-16H2,1H3. The van der Waals surface area contributed by atoms with Gasteiger partial charge in [-0.25, -0.2) is 4.39 Å². The molecule has 0 aromatic heterocycles. The van der Waals surface area contributed by atoms with Gasteiger partial charge in [0.25, 0.3) is 0 Å². The second kappa shape index (κ2) is 10.3. The van der Waals surface area contributed by atoms with Crippen molar-refractivity contribution in [1.82, 2.24) is 0 Å². The Labute approximate surface area is 178 Å². The van der Waals surface area contributed by atoms with Gasteiger partial charge in [-0.1, -0.05) is 36.4 Å². The summed E-state index contributed by atoms with van der Waals surface area (Å²) in [5, 5.41) is 0. The minimum atomic E-state index is -4.47. The first kappa shape index (κ1) is 22.6. The van der Waals surface area contributed by atoms with Gasteiger partial charge >= 0.3 is 6.18 Å². The zero-order chi connectivity index (χ0) is 22.3. The van der Waals surface area contributed by atoms with Crippen LogP contribution < -0.4 is 9.47 Å². The molecule has 31 heavy (non-hydrogen) atoms. The first-order valence-corrected chi connectivity index (χ1v) is 9.75. The molecule has 0 heterocycles. The van der Waals surface area contributed by atoms with Crippen molar-refractivity contribution in [2.75, 3.05) is 13.2 Å². The van der Waals surface area contributed by atoms with Crippen LogP contribution in [-0.2, 0) is 11.3 Å². The van der Waals surface area contributed by atoms with Crippen LogP contribution >= 0.6 is 0 Å². The molecule has 3 aromatic rings. The number of ether oxygens (including phenoxy) is 3. The number of hydrogen-bond acceptors (Lipinski definition) is 3. The Morgan fingerprint density at radius 3 is 2.23 bits per heavy atom. The van der Waals surface area contributed by atoms with Gasteiger partial charge < -0.3 is 14.2 Å². The third kappa shape index (κ3) is 6.46. The van der Waals surface area contributed by atoms with E-state index < -0.39 is 24.5 Å². The maximum Gasteiger partial charge on any atom is 0.397 e. The number of para-hydroxylation sites is 1. The second-order valence-electron chi connectivity index (χ2n) is 6.79. The lowest BCUT2D eigenvalue weighted by molar-refractivity contribution is -0.163. The first-order chi connectivity index (χ1) is 14.9. The van der Waals surface area contributed by atoms with Crippen LogP contribution in [0.3, 0.4) is 0 Å². The summed E-state index contributed by atoms with van der Waals surface area (Å²) < 4.78 is 70.9. The van der Waals surface area contributed by atoms with Crippen molar-refractivity contribution in [2.24, 2.45) is 0 Å². The van der Waals surface area contributed by atoms with Gasteiger partial charge in [-0.15, -0.1) is 0 Å². The maximum absolute atomic E-state index is 14.0. The molecule has 1 unspecified atom stereocenters. The third-order valence-corrected chi connectivity index (χ3v) is 4.51. The van der Waals surface area contributed by atoms with E-state index in [-0.39, 0.29) is 17.9 Å². The van der Waals surface area contributed by atoms with Crippen LogP contribution in [0.25, 0.3) is 0 Å².